The van der Waals surface area contributed by atoms with Gasteiger partial charge in [0.2, 0.25) is 5.91 Å². The van der Waals surface area contributed by atoms with E-state index in [1.807, 2.05) is 18.2 Å². The lowest BCUT2D eigenvalue weighted by molar-refractivity contribution is -0.140. The number of benzene rings is 2. The highest BCUT2D eigenvalue weighted by Gasteiger charge is 2.34. The van der Waals surface area contributed by atoms with Crippen LogP contribution in [-0.2, 0) is 17.8 Å². The zero-order valence-corrected chi connectivity index (χ0v) is 15.0. The van der Waals surface area contributed by atoms with Crippen LogP contribution >= 0.6 is 11.6 Å². The van der Waals surface area contributed by atoms with Crippen molar-refractivity contribution in [2.45, 2.75) is 31.8 Å². The van der Waals surface area contributed by atoms with E-state index in [1.54, 1.807) is 0 Å². The summed E-state index contributed by atoms with van der Waals surface area (Å²) in [6.07, 6.45) is 2.71. The van der Waals surface area contributed by atoms with E-state index in [1.165, 1.54) is 16.7 Å². The van der Waals surface area contributed by atoms with Crippen molar-refractivity contribution in [3.05, 3.63) is 70.2 Å². The number of hydrogen-bond donors (Lipinski definition) is 1. The zero-order chi connectivity index (χ0) is 17.2. The van der Waals surface area contributed by atoms with E-state index in [4.69, 9.17) is 11.6 Å². The van der Waals surface area contributed by atoms with Crippen molar-refractivity contribution in [2.24, 2.45) is 5.92 Å². The lowest BCUT2D eigenvalue weighted by atomic mass is 9.87. The van der Waals surface area contributed by atoms with Crippen LogP contribution in [0, 0.1) is 5.92 Å². The van der Waals surface area contributed by atoms with Crippen LogP contribution in [0.1, 0.15) is 35.6 Å². The number of nitrogens with one attached hydrogen (secondary N) is 1. The fraction of sp³-hybridized carbons (Fsp3) is 0.381. The molecule has 0 aliphatic carbocycles. The van der Waals surface area contributed by atoms with Gasteiger partial charge in [-0.1, -0.05) is 48.0 Å². The maximum atomic E-state index is 13.3. The van der Waals surface area contributed by atoms with E-state index in [9.17, 15) is 4.79 Å². The van der Waals surface area contributed by atoms with Gasteiger partial charge < -0.3 is 10.2 Å². The molecule has 2 aliphatic heterocycles. The quantitative estimate of drug-likeness (QED) is 0.885. The van der Waals surface area contributed by atoms with E-state index in [0.29, 0.717) is 12.5 Å². The van der Waals surface area contributed by atoms with E-state index in [-0.39, 0.29) is 12.0 Å². The van der Waals surface area contributed by atoms with Gasteiger partial charge >= 0.3 is 0 Å². The predicted molar refractivity (Wildman–Crippen MR) is 100 cm³/mol. The molecule has 0 saturated carbocycles. The van der Waals surface area contributed by atoms with Crippen LogP contribution in [-0.4, -0.2) is 23.9 Å². The minimum Gasteiger partial charge on any atom is -0.331 e. The molecule has 2 aromatic rings. The molecule has 1 saturated heterocycles. The van der Waals surface area contributed by atoms with Gasteiger partial charge in [-0.25, -0.2) is 0 Å². The Morgan fingerprint density at radius 1 is 1.04 bits per heavy atom. The predicted octanol–water partition coefficient (Wildman–Crippen LogP) is 3.97. The number of fused-ring (bicyclic) bond motifs is 1. The zero-order valence-electron chi connectivity index (χ0n) is 14.2. The number of hydrogen-bond acceptors (Lipinski definition) is 2. The molecule has 1 atom stereocenters. The van der Waals surface area contributed by atoms with Gasteiger partial charge in [0.05, 0.1) is 6.04 Å². The van der Waals surface area contributed by atoms with Crippen LogP contribution in [0.5, 0.6) is 0 Å². The molecule has 4 rings (SSSR count). The van der Waals surface area contributed by atoms with Crippen molar-refractivity contribution in [3.8, 4) is 0 Å². The smallest absolute Gasteiger partial charge is 0.226 e. The van der Waals surface area contributed by atoms with Crippen molar-refractivity contribution < 1.29 is 4.79 Å². The van der Waals surface area contributed by atoms with Crippen molar-refractivity contribution in [1.29, 1.82) is 0 Å². The van der Waals surface area contributed by atoms with Crippen molar-refractivity contribution in [2.75, 3.05) is 13.1 Å². The summed E-state index contributed by atoms with van der Waals surface area (Å²) in [7, 11) is 0. The second-order valence-electron chi connectivity index (χ2n) is 7.03. The Morgan fingerprint density at radius 3 is 2.56 bits per heavy atom. The molecule has 2 heterocycles. The first kappa shape index (κ1) is 16.6. The lowest BCUT2D eigenvalue weighted by Gasteiger charge is -2.40. The average molecular weight is 355 g/mol. The molecular weight excluding hydrogens is 332 g/mol. The second kappa shape index (κ2) is 7.19. The molecule has 0 aromatic heterocycles. The topological polar surface area (TPSA) is 32.3 Å². The molecule has 0 radical (unpaired) electrons. The molecule has 1 N–H and O–H groups in total. The largest absolute Gasteiger partial charge is 0.331 e. The highest BCUT2D eigenvalue weighted by atomic mass is 35.5. The molecule has 1 amide bonds. The number of rotatable bonds is 2. The standard InChI is InChI=1S/C21H23ClN2O/c22-19-7-6-17-13-20(15-4-2-1-3-5-15)24(14-18(17)12-19)21(25)16-8-10-23-11-9-16/h1-7,12,16,20,23H,8-11,13-14H2. The second-order valence-corrected chi connectivity index (χ2v) is 7.47. The van der Waals surface area contributed by atoms with Crippen molar-refractivity contribution in [3.63, 3.8) is 0 Å². The molecule has 1 unspecified atom stereocenters. The number of halogens is 1. The van der Waals surface area contributed by atoms with Crippen LogP contribution in [0.25, 0.3) is 0 Å². The third-order valence-electron chi connectivity index (χ3n) is 5.45. The molecule has 2 aromatic carbocycles. The first-order chi connectivity index (χ1) is 12.2. The highest BCUT2D eigenvalue weighted by molar-refractivity contribution is 6.30. The first-order valence-corrected chi connectivity index (χ1v) is 9.43. The Hall–Kier alpha value is -1.84. The molecule has 0 bridgehead atoms. The molecule has 25 heavy (non-hydrogen) atoms. The summed E-state index contributed by atoms with van der Waals surface area (Å²) in [5, 5.41) is 4.09. The molecule has 130 valence electrons. The summed E-state index contributed by atoms with van der Waals surface area (Å²) in [6, 6.07) is 16.6. The van der Waals surface area contributed by atoms with Gasteiger partial charge in [-0.3, -0.25) is 4.79 Å². The molecule has 2 aliphatic rings. The molecule has 1 fully saturated rings. The minimum atomic E-state index is 0.109. The van der Waals surface area contributed by atoms with Crippen molar-refractivity contribution >= 4 is 17.5 Å². The van der Waals surface area contributed by atoms with E-state index in [2.05, 4.69) is 40.5 Å². The summed E-state index contributed by atoms with van der Waals surface area (Å²) < 4.78 is 0. The van der Waals surface area contributed by atoms with Gasteiger partial charge in [-0.15, -0.1) is 0 Å². The monoisotopic (exact) mass is 354 g/mol. The highest BCUT2D eigenvalue weighted by Crippen LogP contribution is 2.36. The Morgan fingerprint density at radius 2 is 1.80 bits per heavy atom. The van der Waals surface area contributed by atoms with E-state index in [0.717, 1.165) is 37.4 Å². The van der Waals surface area contributed by atoms with Gasteiger partial charge in [0.1, 0.15) is 0 Å². The number of piperidine rings is 1. The van der Waals surface area contributed by atoms with Crippen molar-refractivity contribution in [1.82, 2.24) is 10.2 Å². The fourth-order valence-corrected chi connectivity index (χ4v) is 4.26. The van der Waals surface area contributed by atoms with Gasteiger partial charge in [-0.05, 0) is 61.2 Å². The fourth-order valence-electron chi connectivity index (χ4n) is 4.06. The van der Waals surface area contributed by atoms with E-state index >= 15 is 0 Å². The van der Waals surface area contributed by atoms with Gasteiger partial charge in [0.25, 0.3) is 0 Å². The molecular formula is C21H23ClN2O. The first-order valence-electron chi connectivity index (χ1n) is 9.06. The third-order valence-corrected chi connectivity index (χ3v) is 5.69. The summed E-state index contributed by atoms with van der Waals surface area (Å²) in [4.78, 5) is 15.4. The van der Waals surface area contributed by atoms with Crippen LogP contribution in [0.4, 0.5) is 0 Å². The lowest BCUT2D eigenvalue weighted by Crippen LogP contribution is -2.44. The Bertz CT molecular complexity index is 756. The maximum Gasteiger partial charge on any atom is 0.226 e. The van der Waals surface area contributed by atoms with Crippen LogP contribution < -0.4 is 5.32 Å². The summed E-state index contributed by atoms with van der Waals surface area (Å²) in [6.45, 7) is 2.52. The van der Waals surface area contributed by atoms with Gasteiger partial charge in [0, 0.05) is 17.5 Å². The number of nitrogens with zero attached hydrogens (tertiary/aromatic N) is 1. The summed E-state index contributed by atoms with van der Waals surface area (Å²) in [5.74, 6) is 0.425. The van der Waals surface area contributed by atoms with Gasteiger partial charge in [0.15, 0.2) is 0 Å². The molecule has 4 heteroatoms. The molecule has 0 spiro atoms. The Kier molecular flexibility index (Phi) is 4.78. The normalized spacial score (nSPS) is 21.0. The minimum absolute atomic E-state index is 0.109. The van der Waals surface area contributed by atoms with Gasteiger partial charge in [-0.2, -0.15) is 0 Å². The molecule has 3 nitrogen and oxygen atoms in total. The average Bonchev–Trinajstić information content (AvgIpc) is 2.67. The van der Waals surface area contributed by atoms with Crippen LogP contribution in [0.15, 0.2) is 48.5 Å². The van der Waals surface area contributed by atoms with E-state index < -0.39 is 0 Å². The number of carbonyl (C=O) groups excluding carboxylic acids is 1. The SMILES string of the molecule is O=C(C1CCNCC1)N1Cc2cc(Cl)ccc2CC1c1ccccc1. The van der Waals surface area contributed by atoms with Crippen LogP contribution in [0.2, 0.25) is 5.02 Å². The third kappa shape index (κ3) is 3.44. The Labute approximate surface area is 154 Å². The Balaban J connectivity index is 1.68. The summed E-state index contributed by atoms with van der Waals surface area (Å²) in [5.41, 5.74) is 3.69. The number of carbonyl (C=O) groups is 1. The van der Waals surface area contributed by atoms with Crippen LogP contribution in [0.3, 0.4) is 0 Å². The maximum absolute atomic E-state index is 13.3. The number of amides is 1. The summed E-state index contributed by atoms with van der Waals surface area (Å²) >= 11 is 6.19.